The number of ether oxygens (including phenoxy) is 2. The van der Waals surface area contributed by atoms with Crippen LogP contribution in [0.2, 0.25) is 5.02 Å². The van der Waals surface area contributed by atoms with Gasteiger partial charge in [-0.2, -0.15) is 9.03 Å². The Labute approximate surface area is 380 Å². The van der Waals surface area contributed by atoms with Crippen LogP contribution in [0.1, 0.15) is 49.0 Å². The number of hydrogen-bond donors (Lipinski definition) is 3. The molecule has 16 nitrogen and oxygen atoms in total. The molecule has 0 spiro atoms. The van der Waals surface area contributed by atoms with E-state index >= 15 is 0 Å². The van der Waals surface area contributed by atoms with Gasteiger partial charge in [-0.25, -0.2) is 13.4 Å². The van der Waals surface area contributed by atoms with Crippen LogP contribution in [0.3, 0.4) is 0 Å². The van der Waals surface area contributed by atoms with Crippen molar-refractivity contribution < 1.29 is 32.2 Å². The number of aromatic amines is 1. The summed E-state index contributed by atoms with van der Waals surface area (Å²) in [4.78, 5) is 37.7. The number of pyridine rings is 1. The highest BCUT2D eigenvalue weighted by molar-refractivity contribution is 7.90. The van der Waals surface area contributed by atoms with E-state index in [-0.39, 0.29) is 59.2 Å². The lowest BCUT2D eigenvalue weighted by Gasteiger charge is -2.39. The Morgan fingerprint density at radius 3 is 2.59 bits per heavy atom. The normalized spacial score (nSPS) is 19.1. The number of nitro benzene ring substituents is 1. The van der Waals surface area contributed by atoms with Gasteiger partial charge in [-0.15, -0.1) is 0 Å². The number of nitrogens with one attached hydrogen (secondary N) is 3. The average Bonchev–Trinajstić information content (AvgIpc) is 3.74. The number of fused-ring (bicyclic) bond motifs is 1. The first kappa shape index (κ1) is 45.4. The summed E-state index contributed by atoms with van der Waals surface area (Å²) in [7, 11) is -3.43. The highest BCUT2D eigenvalue weighted by Crippen LogP contribution is 2.43. The molecule has 1 amide bonds. The molecule has 19 heteroatoms. The van der Waals surface area contributed by atoms with E-state index in [1.807, 2.05) is 24.3 Å². The van der Waals surface area contributed by atoms with Gasteiger partial charge in [0.2, 0.25) is 10.0 Å². The van der Waals surface area contributed by atoms with E-state index < -0.39 is 38.3 Å². The number of halogens is 1. The van der Waals surface area contributed by atoms with Crippen molar-refractivity contribution in [1.82, 2.24) is 23.9 Å². The zero-order valence-electron chi connectivity index (χ0n) is 35.8. The van der Waals surface area contributed by atoms with Crippen LogP contribution in [-0.4, -0.2) is 114 Å². The Balaban J connectivity index is 0.972. The largest absolute Gasteiger partial charge is 0.588 e. The SMILES string of the molecule is CC1(C)CCC(CN2CCN(c3ccc(C(=O)N[S+]([O-])c4ccc(NCC5CN(S(C)(=O)=O)CCO5)c([N+](=O)[O-])c4)c(Oc4cnc5[nH]ccc5c4)c3)CC2)=C(c2ccc(Cl)cc2)C1. The van der Waals surface area contributed by atoms with Crippen molar-refractivity contribution in [2.24, 2.45) is 5.41 Å². The summed E-state index contributed by atoms with van der Waals surface area (Å²) >= 11 is 4.04. The molecule has 0 saturated carbocycles. The number of anilines is 2. The molecule has 2 aromatic heterocycles. The number of carbonyl (C=O) groups excluding carboxylic acids is 1. The van der Waals surface area contributed by atoms with Gasteiger partial charge in [-0.05, 0) is 84.3 Å². The third-order valence-corrected chi connectivity index (χ3v) is 14.6. The summed E-state index contributed by atoms with van der Waals surface area (Å²) in [6, 6.07) is 21.1. The molecule has 2 atom stereocenters. The van der Waals surface area contributed by atoms with Crippen molar-refractivity contribution in [3.05, 3.63) is 117 Å². The van der Waals surface area contributed by atoms with Gasteiger partial charge in [0.1, 0.15) is 34.2 Å². The molecular weight excluding hydrogens is 880 g/mol. The van der Waals surface area contributed by atoms with Crippen LogP contribution < -0.4 is 19.7 Å². The maximum absolute atomic E-state index is 13.9. The lowest BCUT2D eigenvalue weighted by atomic mass is 9.72. The molecule has 4 heterocycles. The minimum atomic E-state index is -3.43. The van der Waals surface area contributed by atoms with E-state index in [4.69, 9.17) is 21.1 Å². The van der Waals surface area contributed by atoms with Gasteiger partial charge in [0.05, 0.1) is 41.7 Å². The number of H-pyrrole nitrogens is 1. The summed E-state index contributed by atoms with van der Waals surface area (Å²) in [6.45, 7) is 9.34. The van der Waals surface area contributed by atoms with Crippen LogP contribution in [0.15, 0.2) is 95.7 Å². The monoisotopic (exact) mass is 930 g/mol. The van der Waals surface area contributed by atoms with Gasteiger partial charge in [-0.3, -0.25) is 19.8 Å². The number of benzene rings is 3. The molecule has 2 fully saturated rings. The van der Waals surface area contributed by atoms with Crippen molar-refractivity contribution in [3.63, 3.8) is 0 Å². The van der Waals surface area contributed by atoms with Crippen molar-refractivity contribution >= 4 is 72.6 Å². The second kappa shape index (κ2) is 19.1. The summed E-state index contributed by atoms with van der Waals surface area (Å²) in [5, 5.41) is 16.7. The maximum Gasteiger partial charge on any atom is 0.297 e. The maximum atomic E-state index is 13.9. The van der Waals surface area contributed by atoms with E-state index in [0.717, 1.165) is 80.4 Å². The third kappa shape index (κ3) is 10.8. The van der Waals surface area contributed by atoms with Gasteiger partial charge in [0.25, 0.3) is 11.6 Å². The van der Waals surface area contributed by atoms with Crippen molar-refractivity contribution in [3.8, 4) is 11.5 Å². The summed E-state index contributed by atoms with van der Waals surface area (Å²) < 4.78 is 53.6. The first-order chi connectivity index (χ1) is 30.6. The molecule has 3 N–H and O–H groups in total. The summed E-state index contributed by atoms with van der Waals surface area (Å²) in [5.74, 6) is -0.0971. The Morgan fingerprint density at radius 1 is 1.06 bits per heavy atom. The van der Waals surface area contributed by atoms with Gasteiger partial charge in [0.15, 0.2) is 4.90 Å². The Bertz CT molecular complexity index is 2670. The molecule has 2 aliphatic heterocycles. The van der Waals surface area contributed by atoms with Gasteiger partial charge in [-0.1, -0.05) is 43.2 Å². The van der Waals surface area contributed by atoms with Crippen LogP contribution >= 0.6 is 11.6 Å². The fraction of sp³-hybridized carbons (Fsp3) is 0.378. The number of aromatic nitrogens is 2. The Hall–Kier alpha value is -5.21. The minimum absolute atomic E-state index is 0.00479. The molecule has 64 heavy (non-hydrogen) atoms. The number of nitro groups is 1. The number of nitrogens with zero attached hydrogens (tertiary/aromatic N) is 5. The lowest BCUT2D eigenvalue weighted by Crippen LogP contribution is -2.47. The van der Waals surface area contributed by atoms with E-state index in [9.17, 15) is 27.9 Å². The predicted octanol–water partition coefficient (Wildman–Crippen LogP) is 7.23. The van der Waals surface area contributed by atoms with Crippen LogP contribution in [0.25, 0.3) is 16.6 Å². The van der Waals surface area contributed by atoms with E-state index in [1.54, 1.807) is 30.6 Å². The Kier molecular flexibility index (Phi) is 13.5. The van der Waals surface area contributed by atoms with Gasteiger partial charge >= 0.3 is 0 Å². The average molecular weight is 932 g/mol. The number of sulfonamides is 1. The molecule has 8 rings (SSSR count). The molecule has 0 bridgehead atoms. The van der Waals surface area contributed by atoms with Crippen molar-refractivity contribution in [2.75, 3.05) is 75.4 Å². The number of hydrogen-bond acceptors (Lipinski definition) is 12. The van der Waals surface area contributed by atoms with Crippen LogP contribution in [0.5, 0.6) is 11.5 Å². The Morgan fingerprint density at radius 2 is 1.84 bits per heavy atom. The predicted molar refractivity (Wildman–Crippen MR) is 249 cm³/mol. The highest BCUT2D eigenvalue weighted by atomic mass is 35.5. The second-order valence-electron chi connectivity index (χ2n) is 17.2. The highest BCUT2D eigenvalue weighted by Gasteiger charge is 2.31. The quantitative estimate of drug-likeness (QED) is 0.0575. The molecule has 338 valence electrons. The second-order valence-corrected chi connectivity index (χ2v) is 20.8. The van der Waals surface area contributed by atoms with E-state index in [2.05, 4.69) is 55.8 Å². The number of morpholine rings is 1. The van der Waals surface area contributed by atoms with E-state index in [1.165, 1.54) is 33.1 Å². The molecule has 2 unspecified atom stereocenters. The molecule has 3 aliphatic rings. The summed E-state index contributed by atoms with van der Waals surface area (Å²) in [5.41, 5.74) is 5.73. The topological polar surface area (TPSA) is 198 Å². The van der Waals surface area contributed by atoms with Crippen molar-refractivity contribution in [1.29, 1.82) is 0 Å². The first-order valence-corrected chi connectivity index (χ1v) is 24.5. The molecule has 0 radical (unpaired) electrons. The molecule has 1 aliphatic carbocycles. The number of rotatable bonds is 14. The first-order valence-electron chi connectivity index (χ1n) is 21.1. The standard InChI is InChI=1S/C45H51ClN8O8S2/c1-45(2)14-12-32(39(25-45)30-4-6-33(46)7-5-30)28-51-16-18-52(19-17-51)34-8-10-38(42(23-34)62-35-22-31-13-15-47-43(31)49-26-35)44(55)50-63(58)37-9-11-40(41(24-37)54(56)57)48-27-36-29-53(20-21-61-36)64(3,59)60/h4-11,13,15,22-24,26,36,48H,12,14,16-21,25,27-29H2,1-3H3,(H,47,49)(H,50,55). The molecular formula is C45H51ClN8O8S2. The number of amides is 1. The zero-order valence-corrected chi connectivity index (χ0v) is 38.2. The number of allylic oxidation sites excluding steroid dienone is 1. The van der Waals surface area contributed by atoms with Crippen LogP contribution in [0, 0.1) is 15.5 Å². The van der Waals surface area contributed by atoms with Crippen LogP contribution in [-0.2, 0) is 26.1 Å². The summed E-state index contributed by atoms with van der Waals surface area (Å²) in [6.07, 6.45) is 7.11. The van der Waals surface area contributed by atoms with Gasteiger partial charge in [0, 0.05) is 80.7 Å². The molecule has 5 aromatic rings. The van der Waals surface area contributed by atoms with E-state index in [0.29, 0.717) is 11.4 Å². The number of carbonyl (C=O) groups is 1. The lowest BCUT2D eigenvalue weighted by molar-refractivity contribution is -0.384. The number of piperazine rings is 1. The van der Waals surface area contributed by atoms with Crippen LogP contribution in [0.4, 0.5) is 17.1 Å². The van der Waals surface area contributed by atoms with Gasteiger partial charge < -0.3 is 29.2 Å². The van der Waals surface area contributed by atoms with Crippen molar-refractivity contribution in [2.45, 2.75) is 44.1 Å². The third-order valence-electron chi connectivity index (χ3n) is 12.0. The fourth-order valence-corrected chi connectivity index (χ4v) is 10.2. The molecule has 2 saturated heterocycles. The smallest absolute Gasteiger partial charge is 0.297 e. The fourth-order valence-electron chi connectivity index (χ4n) is 8.45. The molecule has 3 aromatic carbocycles. The minimum Gasteiger partial charge on any atom is -0.588 e. The zero-order chi connectivity index (χ0) is 45.2.